The van der Waals surface area contributed by atoms with Crippen LogP contribution >= 0.6 is 0 Å². The number of hydrogen-bond donors (Lipinski definition) is 2. The maximum atomic E-state index is 13.6. The van der Waals surface area contributed by atoms with E-state index in [4.69, 9.17) is 0 Å². The molecule has 1 heterocycles. The molecular formula is C18H14F3N3O. The molecule has 0 unspecified atom stereocenters. The van der Waals surface area contributed by atoms with Crippen LogP contribution in [0.5, 0.6) is 0 Å². The van der Waals surface area contributed by atoms with Gasteiger partial charge in [0.25, 0.3) is 5.91 Å². The zero-order chi connectivity index (χ0) is 17.8. The van der Waals surface area contributed by atoms with E-state index in [-0.39, 0.29) is 6.54 Å². The molecular weight excluding hydrogens is 331 g/mol. The molecule has 128 valence electrons. The van der Waals surface area contributed by atoms with Crippen molar-refractivity contribution in [2.45, 2.75) is 6.42 Å². The number of amides is 1. The van der Waals surface area contributed by atoms with Crippen molar-refractivity contribution >= 4 is 5.91 Å². The first kappa shape index (κ1) is 16.8. The van der Waals surface area contributed by atoms with Crippen molar-refractivity contribution in [3.63, 3.8) is 0 Å². The molecule has 4 nitrogen and oxygen atoms in total. The fourth-order valence-corrected chi connectivity index (χ4v) is 2.34. The first-order valence-corrected chi connectivity index (χ1v) is 7.57. The number of halogens is 3. The van der Waals surface area contributed by atoms with Crippen molar-refractivity contribution in [3.05, 3.63) is 77.4 Å². The Hall–Kier alpha value is -3.09. The molecule has 3 rings (SSSR count). The number of hydrogen-bond acceptors (Lipinski definition) is 2. The second-order valence-electron chi connectivity index (χ2n) is 5.35. The van der Waals surface area contributed by atoms with Gasteiger partial charge in [-0.25, -0.2) is 18.2 Å². The maximum Gasteiger partial charge on any atom is 0.254 e. The summed E-state index contributed by atoms with van der Waals surface area (Å²) in [6.45, 7) is 0.188. The van der Waals surface area contributed by atoms with Gasteiger partial charge >= 0.3 is 0 Å². The van der Waals surface area contributed by atoms with Crippen molar-refractivity contribution in [1.82, 2.24) is 15.3 Å². The number of carbonyl (C=O) groups is 1. The zero-order valence-corrected chi connectivity index (χ0v) is 13.0. The van der Waals surface area contributed by atoms with Crippen LogP contribution in [0.4, 0.5) is 13.2 Å². The molecule has 0 radical (unpaired) electrons. The van der Waals surface area contributed by atoms with Crippen LogP contribution in [0, 0.1) is 17.5 Å². The van der Waals surface area contributed by atoms with Gasteiger partial charge in [-0.3, -0.25) is 4.79 Å². The number of aromatic nitrogens is 2. The Labute approximate surface area is 141 Å². The SMILES string of the molecule is O=C(NCCc1cnc(-c2ccccc2)[nH]1)c1ccc(F)c(F)c1F. The van der Waals surface area contributed by atoms with Crippen LogP contribution in [0.3, 0.4) is 0 Å². The quantitative estimate of drug-likeness (QED) is 0.696. The van der Waals surface area contributed by atoms with Gasteiger partial charge < -0.3 is 10.3 Å². The van der Waals surface area contributed by atoms with Gasteiger partial charge in [0.1, 0.15) is 5.82 Å². The van der Waals surface area contributed by atoms with E-state index in [1.807, 2.05) is 30.3 Å². The molecule has 0 fully saturated rings. The van der Waals surface area contributed by atoms with E-state index >= 15 is 0 Å². The summed E-state index contributed by atoms with van der Waals surface area (Å²) in [6, 6.07) is 11.1. The van der Waals surface area contributed by atoms with Crippen LogP contribution < -0.4 is 5.32 Å². The van der Waals surface area contributed by atoms with E-state index in [9.17, 15) is 18.0 Å². The Morgan fingerprint density at radius 3 is 2.56 bits per heavy atom. The van der Waals surface area contributed by atoms with Crippen LogP contribution in [0.15, 0.2) is 48.7 Å². The fraction of sp³-hybridized carbons (Fsp3) is 0.111. The molecule has 0 aliphatic rings. The van der Waals surface area contributed by atoms with Crippen LogP contribution in [0.2, 0.25) is 0 Å². The van der Waals surface area contributed by atoms with Crippen molar-refractivity contribution in [1.29, 1.82) is 0 Å². The van der Waals surface area contributed by atoms with Gasteiger partial charge in [0.2, 0.25) is 0 Å². The molecule has 0 atom stereocenters. The van der Waals surface area contributed by atoms with E-state index < -0.39 is 28.9 Å². The third kappa shape index (κ3) is 3.71. The van der Waals surface area contributed by atoms with Gasteiger partial charge in [-0.05, 0) is 12.1 Å². The van der Waals surface area contributed by atoms with Crippen LogP contribution in [0.25, 0.3) is 11.4 Å². The van der Waals surface area contributed by atoms with Crippen LogP contribution in [-0.4, -0.2) is 22.4 Å². The van der Waals surface area contributed by atoms with Crippen LogP contribution in [0.1, 0.15) is 16.1 Å². The normalized spacial score (nSPS) is 10.7. The molecule has 1 aromatic heterocycles. The number of carbonyl (C=O) groups excluding carboxylic acids is 1. The molecule has 25 heavy (non-hydrogen) atoms. The summed E-state index contributed by atoms with van der Waals surface area (Å²) in [4.78, 5) is 19.3. The monoisotopic (exact) mass is 345 g/mol. The molecule has 1 amide bonds. The average Bonchev–Trinajstić information content (AvgIpc) is 3.09. The minimum Gasteiger partial charge on any atom is -0.352 e. The maximum absolute atomic E-state index is 13.6. The van der Waals surface area contributed by atoms with Gasteiger partial charge in [-0.2, -0.15) is 0 Å². The average molecular weight is 345 g/mol. The Balaban J connectivity index is 1.59. The summed E-state index contributed by atoms with van der Waals surface area (Å²) < 4.78 is 39.6. The predicted molar refractivity (Wildman–Crippen MR) is 86.4 cm³/mol. The molecule has 0 aliphatic carbocycles. The van der Waals surface area contributed by atoms with Crippen LogP contribution in [-0.2, 0) is 6.42 Å². The van der Waals surface area contributed by atoms with Crippen molar-refractivity contribution in [2.75, 3.05) is 6.54 Å². The lowest BCUT2D eigenvalue weighted by atomic mass is 10.2. The summed E-state index contributed by atoms with van der Waals surface area (Å²) in [7, 11) is 0. The summed E-state index contributed by atoms with van der Waals surface area (Å²) in [5.41, 5.74) is 1.18. The number of rotatable bonds is 5. The lowest BCUT2D eigenvalue weighted by Crippen LogP contribution is -2.27. The van der Waals surface area contributed by atoms with Gasteiger partial charge in [-0.1, -0.05) is 30.3 Å². The van der Waals surface area contributed by atoms with Crippen molar-refractivity contribution in [2.24, 2.45) is 0 Å². The van der Waals surface area contributed by atoms with Gasteiger partial charge in [0.15, 0.2) is 17.5 Å². The van der Waals surface area contributed by atoms with E-state index in [1.54, 1.807) is 6.20 Å². The summed E-state index contributed by atoms with van der Waals surface area (Å²) >= 11 is 0. The second-order valence-corrected chi connectivity index (χ2v) is 5.35. The molecule has 7 heteroatoms. The minimum atomic E-state index is -1.66. The third-order valence-corrected chi connectivity index (χ3v) is 3.64. The highest BCUT2D eigenvalue weighted by molar-refractivity contribution is 5.94. The third-order valence-electron chi connectivity index (χ3n) is 3.64. The summed E-state index contributed by atoms with van der Waals surface area (Å²) in [5.74, 6) is -4.59. The predicted octanol–water partition coefficient (Wildman–Crippen LogP) is 3.47. The lowest BCUT2D eigenvalue weighted by molar-refractivity contribution is 0.0948. The Morgan fingerprint density at radius 2 is 1.80 bits per heavy atom. The molecule has 2 aromatic carbocycles. The molecule has 0 bridgehead atoms. The number of imidazole rings is 1. The van der Waals surface area contributed by atoms with E-state index in [0.29, 0.717) is 18.3 Å². The highest BCUT2D eigenvalue weighted by atomic mass is 19.2. The second kappa shape index (κ2) is 7.21. The number of aromatic amines is 1. The summed E-state index contributed by atoms with van der Waals surface area (Å²) in [6.07, 6.45) is 2.07. The fourth-order valence-electron chi connectivity index (χ4n) is 2.34. The smallest absolute Gasteiger partial charge is 0.254 e. The van der Waals surface area contributed by atoms with Crippen molar-refractivity contribution in [3.8, 4) is 11.4 Å². The number of nitrogens with one attached hydrogen (secondary N) is 2. The highest BCUT2D eigenvalue weighted by Crippen LogP contribution is 2.16. The van der Waals surface area contributed by atoms with Gasteiger partial charge in [-0.15, -0.1) is 0 Å². The Bertz CT molecular complexity index is 894. The number of nitrogens with zero attached hydrogens (tertiary/aromatic N) is 1. The molecule has 3 aromatic rings. The molecule has 0 spiro atoms. The topological polar surface area (TPSA) is 57.8 Å². The zero-order valence-electron chi connectivity index (χ0n) is 13.0. The van der Waals surface area contributed by atoms with Gasteiger partial charge in [0, 0.05) is 30.4 Å². The Kier molecular flexibility index (Phi) is 4.83. The number of benzene rings is 2. The summed E-state index contributed by atoms with van der Waals surface area (Å²) in [5, 5.41) is 2.47. The van der Waals surface area contributed by atoms with Crippen molar-refractivity contribution < 1.29 is 18.0 Å². The number of H-pyrrole nitrogens is 1. The molecule has 2 N–H and O–H groups in total. The molecule has 0 aliphatic heterocycles. The van der Waals surface area contributed by atoms with E-state index in [0.717, 1.165) is 17.3 Å². The largest absolute Gasteiger partial charge is 0.352 e. The molecule has 0 saturated heterocycles. The molecule has 0 saturated carbocycles. The Morgan fingerprint density at radius 1 is 1.04 bits per heavy atom. The van der Waals surface area contributed by atoms with E-state index in [1.165, 1.54) is 0 Å². The van der Waals surface area contributed by atoms with Gasteiger partial charge in [0.05, 0.1) is 5.56 Å². The first-order chi connectivity index (χ1) is 12.1. The highest BCUT2D eigenvalue weighted by Gasteiger charge is 2.18. The standard InChI is InChI=1S/C18H14F3N3O/c19-14-7-6-13(15(20)16(14)21)18(25)22-9-8-12-10-23-17(24-12)11-4-2-1-3-5-11/h1-7,10H,8-9H2,(H,22,25)(H,23,24). The first-order valence-electron chi connectivity index (χ1n) is 7.57. The lowest BCUT2D eigenvalue weighted by Gasteiger charge is -2.06. The van der Waals surface area contributed by atoms with E-state index in [2.05, 4.69) is 15.3 Å². The minimum absolute atomic E-state index is 0.188.